The molecule has 82 valence electrons. The maximum Gasteiger partial charge on any atom is 0.148 e. The van der Waals surface area contributed by atoms with Crippen LogP contribution in [-0.4, -0.2) is 17.9 Å². The first kappa shape index (κ1) is 12.1. The van der Waals surface area contributed by atoms with Gasteiger partial charge in [-0.25, -0.2) is 4.39 Å². The fourth-order valence-electron chi connectivity index (χ4n) is 0.945. The van der Waals surface area contributed by atoms with E-state index in [9.17, 15) is 4.39 Å². The molecule has 0 heterocycles. The Morgan fingerprint density at radius 3 is 3.07 bits per heavy atom. The van der Waals surface area contributed by atoms with Gasteiger partial charge in [0.15, 0.2) is 0 Å². The second-order valence-corrected chi connectivity index (χ2v) is 3.83. The molecule has 0 spiro atoms. The highest BCUT2D eigenvalue weighted by Gasteiger charge is 1.99. The molecule has 0 aliphatic carbocycles. The standard InChI is InChI=1S/C10H12BrFN2O/c11-8-3-4-9(12)10(7-8)14-13-5-1-2-6-15/h3-5,7,14-15H,1-2,6H2. The Kier molecular flexibility index (Phi) is 5.28. The summed E-state index contributed by atoms with van der Waals surface area (Å²) in [4.78, 5) is 0. The normalized spacial score (nSPS) is 10.9. The van der Waals surface area contributed by atoms with Crippen LogP contribution < -0.4 is 5.43 Å². The van der Waals surface area contributed by atoms with Gasteiger partial charge in [-0.15, -0.1) is 0 Å². The Labute approximate surface area is 96.1 Å². The van der Waals surface area contributed by atoms with Crippen LogP contribution in [0.1, 0.15) is 12.8 Å². The molecule has 0 bridgehead atoms. The zero-order valence-electron chi connectivity index (χ0n) is 8.08. The second-order valence-electron chi connectivity index (χ2n) is 2.91. The van der Waals surface area contributed by atoms with Crippen molar-refractivity contribution in [1.29, 1.82) is 0 Å². The van der Waals surface area contributed by atoms with Crippen molar-refractivity contribution < 1.29 is 9.50 Å². The number of aliphatic hydroxyl groups is 1. The molecule has 1 aromatic rings. The molecule has 0 aromatic heterocycles. The van der Waals surface area contributed by atoms with Crippen LogP contribution in [0.2, 0.25) is 0 Å². The number of aliphatic hydroxyl groups excluding tert-OH is 1. The Balaban J connectivity index is 2.49. The quantitative estimate of drug-likeness (QED) is 0.493. The van der Waals surface area contributed by atoms with Crippen molar-refractivity contribution in [3.8, 4) is 0 Å². The van der Waals surface area contributed by atoms with E-state index in [2.05, 4.69) is 26.5 Å². The molecule has 0 amide bonds. The van der Waals surface area contributed by atoms with Gasteiger partial charge in [0.05, 0.1) is 5.69 Å². The summed E-state index contributed by atoms with van der Waals surface area (Å²) in [6, 6.07) is 4.59. The van der Waals surface area contributed by atoms with Crippen molar-refractivity contribution in [2.75, 3.05) is 12.0 Å². The Hall–Kier alpha value is -0.940. The lowest BCUT2D eigenvalue weighted by Gasteiger charge is -2.02. The van der Waals surface area contributed by atoms with Gasteiger partial charge in [0.25, 0.3) is 0 Å². The van der Waals surface area contributed by atoms with Gasteiger partial charge >= 0.3 is 0 Å². The van der Waals surface area contributed by atoms with Crippen molar-refractivity contribution in [1.82, 2.24) is 0 Å². The SMILES string of the molecule is OCCCC=NNc1cc(Br)ccc1F. The molecule has 1 aromatic carbocycles. The van der Waals surface area contributed by atoms with Crippen LogP contribution in [0, 0.1) is 5.82 Å². The fourth-order valence-corrected chi connectivity index (χ4v) is 1.31. The van der Waals surface area contributed by atoms with Gasteiger partial charge in [0.2, 0.25) is 0 Å². The summed E-state index contributed by atoms with van der Waals surface area (Å²) in [5.41, 5.74) is 2.92. The van der Waals surface area contributed by atoms with Gasteiger partial charge < -0.3 is 5.11 Å². The minimum atomic E-state index is -0.350. The molecule has 0 aliphatic rings. The molecule has 0 radical (unpaired) electrons. The second kappa shape index (κ2) is 6.53. The summed E-state index contributed by atoms with van der Waals surface area (Å²) in [5, 5.41) is 12.3. The van der Waals surface area contributed by atoms with Gasteiger partial charge in [-0.2, -0.15) is 5.10 Å². The first-order chi connectivity index (χ1) is 7.24. The molecule has 5 heteroatoms. The van der Waals surface area contributed by atoms with Gasteiger partial charge in [-0.05, 0) is 31.0 Å². The van der Waals surface area contributed by atoms with Crippen molar-refractivity contribution in [2.45, 2.75) is 12.8 Å². The third kappa shape index (κ3) is 4.40. The summed E-state index contributed by atoms with van der Waals surface area (Å²) >= 11 is 3.24. The summed E-state index contributed by atoms with van der Waals surface area (Å²) in [6.45, 7) is 0.136. The lowest BCUT2D eigenvalue weighted by atomic mass is 10.3. The Bertz CT molecular complexity index is 344. The van der Waals surface area contributed by atoms with E-state index in [-0.39, 0.29) is 12.4 Å². The first-order valence-corrected chi connectivity index (χ1v) is 5.37. The van der Waals surface area contributed by atoms with Gasteiger partial charge in [0, 0.05) is 17.3 Å². The summed E-state index contributed by atoms with van der Waals surface area (Å²) in [7, 11) is 0. The number of nitrogens with zero attached hydrogens (tertiary/aromatic N) is 1. The Morgan fingerprint density at radius 1 is 1.53 bits per heavy atom. The van der Waals surface area contributed by atoms with Gasteiger partial charge in [-0.3, -0.25) is 5.43 Å². The van der Waals surface area contributed by atoms with E-state index in [1.165, 1.54) is 6.07 Å². The molecule has 0 aliphatic heterocycles. The minimum absolute atomic E-state index is 0.136. The van der Waals surface area contributed by atoms with E-state index in [4.69, 9.17) is 5.11 Å². The van der Waals surface area contributed by atoms with Crippen LogP contribution in [-0.2, 0) is 0 Å². The highest BCUT2D eigenvalue weighted by molar-refractivity contribution is 9.10. The van der Waals surface area contributed by atoms with E-state index in [0.29, 0.717) is 18.5 Å². The number of hydrazone groups is 1. The lowest BCUT2D eigenvalue weighted by molar-refractivity contribution is 0.291. The number of benzene rings is 1. The third-order valence-corrected chi connectivity index (χ3v) is 2.19. The number of hydrogen-bond acceptors (Lipinski definition) is 3. The van der Waals surface area contributed by atoms with E-state index >= 15 is 0 Å². The minimum Gasteiger partial charge on any atom is -0.396 e. The maximum atomic E-state index is 13.1. The lowest BCUT2D eigenvalue weighted by Crippen LogP contribution is -1.93. The molecule has 0 unspecified atom stereocenters. The van der Waals surface area contributed by atoms with Crippen molar-refractivity contribution in [3.05, 3.63) is 28.5 Å². The molecule has 2 N–H and O–H groups in total. The van der Waals surface area contributed by atoms with E-state index < -0.39 is 0 Å². The zero-order chi connectivity index (χ0) is 11.1. The van der Waals surface area contributed by atoms with Gasteiger partial charge in [0.1, 0.15) is 5.82 Å². The van der Waals surface area contributed by atoms with Crippen LogP contribution in [0.5, 0.6) is 0 Å². The number of halogens is 2. The first-order valence-electron chi connectivity index (χ1n) is 4.57. The zero-order valence-corrected chi connectivity index (χ0v) is 9.67. The number of anilines is 1. The van der Waals surface area contributed by atoms with Crippen LogP contribution in [0.25, 0.3) is 0 Å². The molecular formula is C10H12BrFN2O. The highest BCUT2D eigenvalue weighted by Crippen LogP contribution is 2.19. The largest absolute Gasteiger partial charge is 0.396 e. The predicted molar refractivity (Wildman–Crippen MR) is 62.5 cm³/mol. The van der Waals surface area contributed by atoms with Crippen LogP contribution >= 0.6 is 15.9 Å². The van der Waals surface area contributed by atoms with Crippen LogP contribution in [0.4, 0.5) is 10.1 Å². The van der Waals surface area contributed by atoms with E-state index in [1.54, 1.807) is 18.3 Å². The van der Waals surface area contributed by atoms with Crippen LogP contribution in [0.15, 0.2) is 27.8 Å². The molecule has 15 heavy (non-hydrogen) atoms. The van der Waals surface area contributed by atoms with Crippen molar-refractivity contribution in [3.63, 3.8) is 0 Å². The van der Waals surface area contributed by atoms with Crippen molar-refractivity contribution in [2.24, 2.45) is 5.10 Å². The Morgan fingerprint density at radius 2 is 2.33 bits per heavy atom. The van der Waals surface area contributed by atoms with Crippen molar-refractivity contribution >= 4 is 27.8 Å². The van der Waals surface area contributed by atoms with Gasteiger partial charge in [-0.1, -0.05) is 15.9 Å². The summed E-state index contributed by atoms with van der Waals surface area (Å²) in [5.74, 6) is -0.350. The number of rotatable bonds is 5. The predicted octanol–water partition coefficient (Wildman–Crippen LogP) is 2.76. The highest BCUT2D eigenvalue weighted by atomic mass is 79.9. The topological polar surface area (TPSA) is 44.6 Å². The monoisotopic (exact) mass is 274 g/mol. The van der Waals surface area contributed by atoms with E-state index in [0.717, 1.165) is 4.47 Å². The van der Waals surface area contributed by atoms with Crippen LogP contribution in [0.3, 0.4) is 0 Å². The number of hydrogen-bond donors (Lipinski definition) is 2. The molecule has 0 saturated carbocycles. The smallest absolute Gasteiger partial charge is 0.148 e. The average molecular weight is 275 g/mol. The van der Waals surface area contributed by atoms with E-state index in [1.807, 2.05) is 0 Å². The molecule has 1 rings (SSSR count). The molecule has 0 atom stereocenters. The molecular weight excluding hydrogens is 263 g/mol. The maximum absolute atomic E-state index is 13.1. The average Bonchev–Trinajstić information content (AvgIpc) is 2.23. The number of nitrogens with one attached hydrogen (secondary N) is 1. The summed E-state index contributed by atoms with van der Waals surface area (Å²) < 4.78 is 13.9. The molecule has 0 fully saturated rings. The summed E-state index contributed by atoms with van der Waals surface area (Å²) in [6.07, 6.45) is 2.93. The third-order valence-electron chi connectivity index (χ3n) is 1.70. The molecule has 3 nitrogen and oxygen atoms in total. The number of unbranched alkanes of at least 4 members (excludes halogenated alkanes) is 1. The molecule has 0 saturated heterocycles. The fraction of sp³-hybridized carbons (Fsp3) is 0.300.